The fourth-order valence-corrected chi connectivity index (χ4v) is 4.65. The summed E-state index contributed by atoms with van der Waals surface area (Å²) in [6.07, 6.45) is 5.20. The number of amides is 1. The van der Waals surface area contributed by atoms with Gasteiger partial charge in [-0.2, -0.15) is 0 Å². The summed E-state index contributed by atoms with van der Waals surface area (Å²) >= 11 is 1.76. The van der Waals surface area contributed by atoms with Gasteiger partial charge in [-0.3, -0.25) is 4.79 Å². The van der Waals surface area contributed by atoms with Gasteiger partial charge in [-0.05, 0) is 36.7 Å². The Balaban J connectivity index is 1.83. The molecule has 1 amide bonds. The van der Waals surface area contributed by atoms with Crippen molar-refractivity contribution in [2.75, 3.05) is 6.54 Å². The van der Waals surface area contributed by atoms with Gasteiger partial charge >= 0.3 is 0 Å². The van der Waals surface area contributed by atoms with Crippen LogP contribution >= 0.6 is 11.3 Å². The highest BCUT2D eigenvalue weighted by atomic mass is 32.1. The van der Waals surface area contributed by atoms with E-state index in [1.165, 1.54) is 23.3 Å². The fourth-order valence-electron chi connectivity index (χ4n) is 3.36. The summed E-state index contributed by atoms with van der Waals surface area (Å²) in [4.78, 5) is 23.8. The molecule has 7 heteroatoms. The SMILES string of the molecule is CC(C)CNC(=O)c1nc2c3c4c(sc3ncn2n1)CCC[C@@H]4C. The van der Waals surface area contributed by atoms with Gasteiger partial charge in [-0.1, -0.05) is 20.8 Å². The number of nitrogens with one attached hydrogen (secondary N) is 1. The fraction of sp³-hybridized carbons (Fsp3) is 0.529. The Morgan fingerprint density at radius 3 is 3.12 bits per heavy atom. The number of hydrogen-bond donors (Lipinski definition) is 1. The molecule has 0 unspecified atom stereocenters. The summed E-state index contributed by atoms with van der Waals surface area (Å²) in [6.45, 7) is 7.00. The second kappa shape index (κ2) is 5.81. The van der Waals surface area contributed by atoms with E-state index in [0.717, 1.165) is 22.3 Å². The van der Waals surface area contributed by atoms with Gasteiger partial charge in [0.1, 0.15) is 11.2 Å². The van der Waals surface area contributed by atoms with Gasteiger partial charge in [0, 0.05) is 11.4 Å². The summed E-state index contributed by atoms with van der Waals surface area (Å²) in [5.41, 5.74) is 2.11. The van der Waals surface area contributed by atoms with Crippen molar-refractivity contribution in [1.29, 1.82) is 0 Å². The Morgan fingerprint density at radius 1 is 1.50 bits per heavy atom. The Kier molecular flexibility index (Phi) is 3.75. The van der Waals surface area contributed by atoms with Crippen LogP contribution in [-0.4, -0.2) is 32.0 Å². The van der Waals surface area contributed by atoms with Crippen molar-refractivity contribution in [2.45, 2.75) is 46.0 Å². The Bertz CT molecular complexity index is 926. The molecule has 0 saturated carbocycles. The van der Waals surface area contributed by atoms with Crippen molar-refractivity contribution < 1.29 is 4.79 Å². The average molecular weight is 343 g/mol. The summed E-state index contributed by atoms with van der Waals surface area (Å²) < 4.78 is 1.64. The van der Waals surface area contributed by atoms with Crippen molar-refractivity contribution in [3.8, 4) is 0 Å². The van der Waals surface area contributed by atoms with Crippen LogP contribution in [-0.2, 0) is 6.42 Å². The number of fused-ring (bicyclic) bond motifs is 5. The number of hydrogen-bond acceptors (Lipinski definition) is 5. The first-order valence-corrected chi connectivity index (χ1v) is 9.31. The van der Waals surface area contributed by atoms with Crippen LogP contribution in [0.3, 0.4) is 0 Å². The molecule has 3 aromatic rings. The second-order valence-electron chi connectivity index (χ2n) is 6.96. The number of carbonyl (C=O) groups is 1. The van der Waals surface area contributed by atoms with Crippen LogP contribution in [0.15, 0.2) is 6.33 Å². The highest BCUT2D eigenvalue weighted by Crippen LogP contribution is 2.42. The van der Waals surface area contributed by atoms with E-state index in [2.05, 4.69) is 41.2 Å². The molecular weight excluding hydrogens is 322 g/mol. The van der Waals surface area contributed by atoms with Gasteiger partial charge in [-0.25, -0.2) is 14.5 Å². The molecule has 3 aromatic heterocycles. The third-order valence-electron chi connectivity index (χ3n) is 4.55. The summed E-state index contributed by atoms with van der Waals surface area (Å²) in [6, 6.07) is 0. The second-order valence-corrected chi connectivity index (χ2v) is 8.05. The number of nitrogens with zero attached hydrogens (tertiary/aromatic N) is 4. The van der Waals surface area contributed by atoms with Gasteiger partial charge in [0.25, 0.3) is 5.91 Å². The van der Waals surface area contributed by atoms with E-state index < -0.39 is 0 Å². The zero-order chi connectivity index (χ0) is 16.8. The van der Waals surface area contributed by atoms with Crippen LogP contribution in [0.1, 0.15) is 60.6 Å². The molecule has 0 saturated heterocycles. The molecule has 126 valence electrons. The van der Waals surface area contributed by atoms with Crippen molar-refractivity contribution in [1.82, 2.24) is 24.9 Å². The zero-order valence-electron chi connectivity index (χ0n) is 14.2. The lowest BCUT2D eigenvalue weighted by Crippen LogP contribution is -2.28. The minimum Gasteiger partial charge on any atom is -0.349 e. The number of aryl methyl sites for hydroxylation is 1. The van der Waals surface area contributed by atoms with Gasteiger partial charge < -0.3 is 5.32 Å². The minimum absolute atomic E-state index is 0.216. The predicted octanol–water partition coefficient (Wildman–Crippen LogP) is 3.16. The molecule has 1 aliphatic carbocycles. The molecule has 1 atom stereocenters. The van der Waals surface area contributed by atoms with Crippen LogP contribution < -0.4 is 5.32 Å². The molecule has 1 N–H and O–H groups in total. The average Bonchev–Trinajstić information content (AvgIpc) is 3.13. The smallest absolute Gasteiger partial charge is 0.291 e. The molecule has 0 fully saturated rings. The molecule has 0 bridgehead atoms. The van der Waals surface area contributed by atoms with E-state index in [1.807, 2.05) is 0 Å². The van der Waals surface area contributed by atoms with E-state index in [1.54, 1.807) is 22.2 Å². The third-order valence-corrected chi connectivity index (χ3v) is 5.72. The van der Waals surface area contributed by atoms with Crippen molar-refractivity contribution in [2.24, 2.45) is 5.92 Å². The van der Waals surface area contributed by atoms with Crippen LogP contribution in [0.4, 0.5) is 0 Å². The normalized spacial score (nSPS) is 17.6. The molecule has 6 nitrogen and oxygen atoms in total. The van der Waals surface area contributed by atoms with Gasteiger partial charge in [0.15, 0.2) is 5.65 Å². The highest BCUT2D eigenvalue weighted by molar-refractivity contribution is 7.19. The summed E-state index contributed by atoms with van der Waals surface area (Å²) in [7, 11) is 0. The van der Waals surface area contributed by atoms with Crippen molar-refractivity contribution in [3.05, 3.63) is 22.6 Å². The Morgan fingerprint density at radius 2 is 2.33 bits per heavy atom. The molecule has 4 rings (SSSR count). The largest absolute Gasteiger partial charge is 0.349 e. The molecule has 0 aliphatic heterocycles. The van der Waals surface area contributed by atoms with Crippen LogP contribution in [0.5, 0.6) is 0 Å². The Hall–Kier alpha value is -2.02. The third kappa shape index (κ3) is 2.47. The zero-order valence-corrected chi connectivity index (χ0v) is 15.0. The maximum absolute atomic E-state index is 12.3. The lowest BCUT2D eigenvalue weighted by Gasteiger charge is -2.18. The standard InChI is InChI=1S/C17H21N5OS/c1-9(2)7-18-16(23)14-20-15-13-12-10(3)5-4-6-11(12)24-17(13)19-8-22(15)21-14/h8-10H,4-7H2,1-3H3,(H,18,23)/t10-/m0/s1. The first-order valence-electron chi connectivity index (χ1n) is 8.49. The lowest BCUT2D eigenvalue weighted by molar-refractivity contribution is 0.0939. The topological polar surface area (TPSA) is 72.2 Å². The van der Waals surface area contributed by atoms with E-state index in [4.69, 9.17) is 0 Å². The monoisotopic (exact) mass is 343 g/mol. The van der Waals surface area contributed by atoms with Gasteiger partial charge in [0.05, 0.1) is 5.39 Å². The minimum atomic E-state index is -0.224. The first-order chi connectivity index (χ1) is 11.5. The number of carbonyl (C=O) groups excluding carboxylic acids is 1. The molecule has 0 radical (unpaired) electrons. The van der Waals surface area contributed by atoms with Gasteiger partial charge in [-0.15, -0.1) is 16.4 Å². The maximum atomic E-state index is 12.3. The van der Waals surface area contributed by atoms with E-state index in [9.17, 15) is 4.79 Å². The number of aromatic nitrogens is 4. The predicted molar refractivity (Wildman–Crippen MR) is 94.7 cm³/mol. The lowest BCUT2D eigenvalue weighted by atomic mass is 9.87. The number of rotatable bonds is 3. The number of thiophene rings is 1. The highest BCUT2D eigenvalue weighted by Gasteiger charge is 2.25. The molecule has 24 heavy (non-hydrogen) atoms. The molecule has 0 aromatic carbocycles. The van der Waals surface area contributed by atoms with Crippen LogP contribution in [0.25, 0.3) is 15.9 Å². The summed E-state index contributed by atoms with van der Waals surface area (Å²) in [5.74, 6) is 0.889. The quantitative estimate of drug-likeness (QED) is 0.793. The van der Waals surface area contributed by atoms with E-state index in [0.29, 0.717) is 18.4 Å². The molecule has 0 spiro atoms. The van der Waals surface area contributed by atoms with E-state index in [-0.39, 0.29) is 11.7 Å². The molecule has 1 aliphatic rings. The molecular formula is C17H21N5OS. The van der Waals surface area contributed by atoms with Crippen LogP contribution in [0.2, 0.25) is 0 Å². The summed E-state index contributed by atoms with van der Waals surface area (Å²) in [5, 5.41) is 8.29. The molecule has 3 heterocycles. The van der Waals surface area contributed by atoms with Gasteiger partial charge in [0.2, 0.25) is 5.82 Å². The van der Waals surface area contributed by atoms with E-state index >= 15 is 0 Å². The first kappa shape index (κ1) is 15.5. The van der Waals surface area contributed by atoms with Crippen molar-refractivity contribution >= 4 is 33.1 Å². The Labute approximate surface area is 144 Å². The van der Waals surface area contributed by atoms with Crippen LogP contribution in [0, 0.1) is 5.92 Å². The van der Waals surface area contributed by atoms with Crippen molar-refractivity contribution in [3.63, 3.8) is 0 Å². The maximum Gasteiger partial charge on any atom is 0.291 e.